The van der Waals surface area contributed by atoms with E-state index in [1.54, 1.807) is 12.1 Å². The highest BCUT2D eigenvalue weighted by molar-refractivity contribution is 5.55. The Bertz CT molecular complexity index is 510. The zero-order chi connectivity index (χ0) is 15.1. The molecule has 0 amide bonds. The number of nitrogens with one attached hydrogen (secondary N) is 1. The molecule has 0 aromatic heterocycles. The van der Waals surface area contributed by atoms with E-state index in [1.807, 2.05) is 4.90 Å². The molecular formula is C16H21F3N2. The van der Waals surface area contributed by atoms with Gasteiger partial charge < -0.3 is 10.2 Å². The molecule has 116 valence electrons. The first-order chi connectivity index (χ1) is 9.90. The normalized spacial score (nSPS) is 27.5. The Kier molecular flexibility index (Phi) is 3.64. The van der Waals surface area contributed by atoms with Crippen molar-refractivity contribution in [2.75, 3.05) is 24.5 Å². The molecule has 1 aromatic carbocycles. The molecule has 1 aromatic rings. The lowest BCUT2D eigenvalue weighted by Crippen LogP contribution is -2.51. The van der Waals surface area contributed by atoms with Crippen LogP contribution in [0.3, 0.4) is 0 Å². The van der Waals surface area contributed by atoms with Crippen LogP contribution >= 0.6 is 0 Å². The fourth-order valence-corrected chi connectivity index (χ4v) is 3.36. The number of hydrogen-bond donors (Lipinski definition) is 1. The van der Waals surface area contributed by atoms with E-state index in [0.717, 1.165) is 13.0 Å². The van der Waals surface area contributed by atoms with E-state index < -0.39 is 11.7 Å². The van der Waals surface area contributed by atoms with Gasteiger partial charge in [0.2, 0.25) is 0 Å². The minimum absolute atomic E-state index is 0.0742. The summed E-state index contributed by atoms with van der Waals surface area (Å²) in [6.07, 6.45) is -1.07. The molecule has 21 heavy (non-hydrogen) atoms. The molecule has 2 fully saturated rings. The second-order valence-electron chi connectivity index (χ2n) is 6.41. The predicted molar refractivity (Wildman–Crippen MR) is 77.4 cm³/mol. The van der Waals surface area contributed by atoms with E-state index in [2.05, 4.69) is 12.2 Å². The van der Waals surface area contributed by atoms with Gasteiger partial charge in [0.1, 0.15) is 0 Å². The molecule has 1 aliphatic heterocycles. The summed E-state index contributed by atoms with van der Waals surface area (Å²) in [7, 11) is 0. The van der Waals surface area contributed by atoms with Crippen LogP contribution in [-0.2, 0) is 6.18 Å². The third kappa shape index (κ3) is 3.03. The van der Waals surface area contributed by atoms with E-state index in [1.165, 1.54) is 25.0 Å². The Hall–Kier alpha value is -1.23. The Morgan fingerprint density at radius 3 is 2.62 bits per heavy atom. The third-order valence-electron chi connectivity index (χ3n) is 4.68. The van der Waals surface area contributed by atoms with Gasteiger partial charge in [-0.2, -0.15) is 13.2 Å². The SMILES string of the molecule is CC1(C2CC2)CN(c2ccccc2C(F)(F)F)CCCN1. The maximum Gasteiger partial charge on any atom is 0.418 e. The summed E-state index contributed by atoms with van der Waals surface area (Å²) >= 11 is 0. The topological polar surface area (TPSA) is 15.3 Å². The average molecular weight is 298 g/mol. The summed E-state index contributed by atoms with van der Waals surface area (Å²) in [5, 5.41) is 3.55. The Morgan fingerprint density at radius 2 is 1.95 bits per heavy atom. The highest BCUT2D eigenvalue weighted by Crippen LogP contribution is 2.42. The summed E-state index contributed by atoms with van der Waals surface area (Å²) in [4.78, 5) is 1.92. The Morgan fingerprint density at radius 1 is 1.24 bits per heavy atom. The van der Waals surface area contributed by atoms with Crippen molar-refractivity contribution in [3.63, 3.8) is 0 Å². The van der Waals surface area contributed by atoms with Crippen molar-refractivity contribution in [1.82, 2.24) is 5.32 Å². The van der Waals surface area contributed by atoms with Gasteiger partial charge in [-0.3, -0.25) is 0 Å². The Labute approximate surface area is 123 Å². The van der Waals surface area contributed by atoms with Gasteiger partial charge in [0, 0.05) is 24.3 Å². The predicted octanol–water partition coefficient (Wildman–Crippen LogP) is 3.67. The van der Waals surface area contributed by atoms with Crippen LogP contribution in [0.1, 0.15) is 31.7 Å². The van der Waals surface area contributed by atoms with Crippen LogP contribution in [0.4, 0.5) is 18.9 Å². The molecule has 1 saturated carbocycles. The maximum atomic E-state index is 13.2. The summed E-state index contributed by atoms with van der Waals surface area (Å²) in [5.74, 6) is 0.594. The van der Waals surface area contributed by atoms with Gasteiger partial charge in [-0.15, -0.1) is 0 Å². The second kappa shape index (κ2) is 5.20. The Balaban J connectivity index is 1.92. The number of hydrogen-bond acceptors (Lipinski definition) is 2. The molecule has 1 unspecified atom stereocenters. The van der Waals surface area contributed by atoms with Gasteiger partial charge in [0.05, 0.1) is 5.56 Å². The molecule has 0 spiro atoms. The molecule has 1 N–H and O–H groups in total. The fraction of sp³-hybridized carbons (Fsp3) is 0.625. The van der Waals surface area contributed by atoms with Crippen LogP contribution in [-0.4, -0.2) is 25.2 Å². The van der Waals surface area contributed by atoms with E-state index >= 15 is 0 Å². The van der Waals surface area contributed by atoms with Crippen molar-refractivity contribution in [3.8, 4) is 0 Å². The van der Waals surface area contributed by atoms with Gasteiger partial charge in [-0.1, -0.05) is 12.1 Å². The van der Waals surface area contributed by atoms with Crippen LogP contribution in [0.25, 0.3) is 0 Å². The van der Waals surface area contributed by atoms with Crippen molar-refractivity contribution >= 4 is 5.69 Å². The molecule has 0 radical (unpaired) electrons. The first kappa shape index (κ1) is 14.7. The van der Waals surface area contributed by atoms with Crippen molar-refractivity contribution in [2.24, 2.45) is 5.92 Å². The van der Waals surface area contributed by atoms with Crippen molar-refractivity contribution < 1.29 is 13.2 Å². The first-order valence-corrected chi connectivity index (χ1v) is 7.56. The standard InChI is InChI=1S/C16H21F3N2/c1-15(12-7-8-12)11-21(10-4-9-20-15)14-6-3-2-5-13(14)16(17,18)19/h2-3,5-6,12,20H,4,7-11H2,1H3. The van der Waals surface area contributed by atoms with E-state index in [-0.39, 0.29) is 5.54 Å². The largest absolute Gasteiger partial charge is 0.418 e. The zero-order valence-electron chi connectivity index (χ0n) is 12.2. The van der Waals surface area contributed by atoms with Crippen LogP contribution in [0.2, 0.25) is 0 Å². The van der Waals surface area contributed by atoms with E-state index in [0.29, 0.717) is 24.7 Å². The van der Waals surface area contributed by atoms with Crippen LogP contribution in [0.15, 0.2) is 24.3 Å². The second-order valence-corrected chi connectivity index (χ2v) is 6.41. The number of para-hydroxylation sites is 1. The lowest BCUT2D eigenvalue weighted by Gasteiger charge is -2.36. The molecule has 1 atom stereocenters. The molecule has 1 aliphatic carbocycles. The summed E-state index contributed by atoms with van der Waals surface area (Å²) < 4.78 is 39.7. The summed E-state index contributed by atoms with van der Waals surface area (Å²) in [6, 6.07) is 5.93. The molecule has 1 heterocycles. The van der Waals surface area contributed by atoms with Crippen LogP contribution in [0.5, 0.6) is 0 Å². The number of halogens is 3. The average Bonchev–Trinajstić information content (AvgIpc) is 3.25. The number of nitrogens with zero attached hydrogens (tertiary/aromatic N) is 1. The maximum absolute atomic E-state index is 13.2. The fourth-order valence-electron chi connectivity index (χ4n) is 3.36. The van der Waals surface area contributed by atoms with E-state index in [9.17, 15) is 13.2 Å². The molecule has 1 saturated heterocycles. The van der Waals surface area contributed by atoms with Gasteiger partial charge in [0.25, 0.3) is 0 Å². The molecule has 0 bridgehead atoms. The molecular weight excluding hydrogens is 277 g/mol. The number of anilines is 1. The zero-order valence-corrected chi connectivity index (χ0v) is 12.2. The number of alkyl halides is 3. The minimum Gasteiger partial charge on any atom is -0.369 e. The van der Waals surface area contributed by atoms with Crippen molar-refractivity contribution in [2.45, 2.75) is 37.9 Å². The van der Waals surface area contributed by atoms with Gasteiger partial charge >= 0.3 is 6.18 Å². The first-order valence-electron chi connectivity index (χ1n) is 7.56. The van der Waals surface area contributed by atoms with Gasteiger partial charge in [0.15, 0.2) is 0 Å². The lowest BCUT2D eigenvalue weighted by molar-refractivity contribution is -0.137. The van der Waals surface area contributed by atoms with Crippen molar-refractivity contribution in [1.29, 1.82) is 0 Å². The highest BCUT2D eigenvalue weighted by Gasteiger charge is 2.44. The molecule has 2 aliphatic rings. The van der Waals surface area contributed by atoms with E-state index in [4.69, 9.17) is 0 Å². The monoisotopic (exact) mass is 298 g/mol. The van der Waals surface area contributed by atoms with Crippen LogP contribution in [0, 0.1) is 5.92 Å². The molecule has 5 heteroatoms. The smallest absolute Gasteiger partial charge is 0.369 e. The van der Waals surface area contributed by atoms with Crippen molar-refractivity contribution in [3.05, 3.63) is 29.8 Å². The highest BCUT2D eigenvalue weighted by atomic mass is 19.4. The number of benzene rings is 1. The third-order valence-corrected chi connectivity index (χ3v) is 4.68. The van der Waals surface area contributed by atoms with Gasteiger partial charge in [-0.25, -0.2) is 0 Å². The summed E-state index contributed by atoms with van der Waals surface area (Å²) in [5.41, 5.74) is -0.277. The lowest BCUT2D eigenvalue weighted by atomic mass is 9.95. The number of rotatable bonds is 2. The minimum atomic E-state index is -4.30. The molecule has 2 nitrogen and oxygen atoms in total. The summed E-state index contributed by atoms with van der Waals surface area (Å²) in [6.45, 7) is 4.34. The van der Waals surface area contributed by atoms with Gasteiger partial charge in [-0.05, 0) is 50.8 Å². The quantitative estimate of drug-likeness (QED) is 0.896. The molecule has 3 rings (SSSR count). The van der Waals surface area contributed by atoms with Crippen LogP contribution < -0.4 is 10.2 Å².